The van der Waals surface area contributed by atoms with Crippen LogP contribution in [0.25, 0.3) is 11.1 Å². The Morgan fingerprint density at radius 3 is 2.39 bits per heavy atom. The van der Waals surface area contributed by atoms with Crippen molar-refractivity contribution in [3.05, 3.63) is 53.8 Å². The Morgan fingerprint density at radius 2 is 1.72 bits per heavy atom. The van der Waals surface area contributed by atoms with Crippen LogP contribution < -0.4 is 4.74 Å². The van der Waals surface area contributed by atoms with E-state index in [2.05, 4.69) is 0 Å². The van der Waals surface area contributed by atoms with E-state index < -0.39 is 5.82 Å². The summed E-state index contributed by atoms with van der Waals surface area (Å²) in [4.78, 5) is 11.6. The number of Topliss-reactive ketones (excluding diaryl/α,β-unsaturated/α-hetero) is 1. The third kappa shape index (κ3) is 2.12. The van der Waals surface area contributed by atoms with E-state index in [9.17, 15) is 9.18 Å². The van der Waals surface area contributed by atoms with Gasteiger partial charge >= 0.3 is 0 Å². The molecular weight excluding hydrogens is 231 g/mol. The Hall–Kier alpha value is -2.16. The van der Waals surface area contributed by atoms with E-state index in [0.717, 1.165) is 0 Å². The first kappa shape index (κ1) is 12.3. The average molecular weight is 244 g/mol. The Labute approximate surface area is 105 Å². The number of ketones is 1. The Kier molecular flexibility index (Phi) is 3.42. The molecule has 2 nitrogen and oxygen atoms in total. The summed E-state index contributed by atoms with van der Waals surface area (Å²) in [6.45, 7) is 1.47. The second kappa shape index (κ2) is 5.00. The SMILES string of the molecule is COc1cccc(-c2ccccc2C(C)=O)c1F. The van der Waals surface area contributed by atoms with Gasteiger partial charge in [0.2, 0.25) is 0 Å². The molecule has 0 aliphatic carbocycles. The number of benzene rings is 2. The van der Waals surface area contributed by atoms with Crippen molar-refractivity contribution in [3.8, 4) is 16.9 Å². The van der Waals surface area contributed by atoms with Gasteiger partial charge in [-0.2, -0.15) is 0 Å². The Morgan fingerprint density at radius 1 is 1.06 bits per heavy atom. The van der Waals surface area contributed by atoms with Gasteiger partial charge in [0, 0.05) is 11.1 Å². The van der Waals surface area contributed by atoms with Crippen molar-refractivity contribution >= 4 is 5.78 Å². The summed E-state index contributed by atoms with van der Waals surface area (Å²) >= 11 is 0. The highest BCUT2D eigenvalue weighted by Gasteiger charge is 2.14. The molecular formula is C15H13FO2. The summed E-state index contributed by atoms with van der Waals surface area (Å²) in [5.41, 5.74) is 1.46. The molecule has 0 aliphatic heterocycles. The van der Waals surface area contributed by atoms with Crippen molar-refractivity contribution in [3.63, 3.8) is 0 Å². The van der Waals surface area contributed by atoms with Gasteiger partial charge in [-0.3, -0.25) is 4.79 Å². The first-order chi connectivity index (χ1) is 8.65. The smallest absolute Gasteiger partial charge is 0.172 e. The van der Waals surface area contributed by atoms with Crippen LogP contribution in [0.4, 0.5) is 4.39 Å². The van der Waals surface area contributed by atoms with Gasteiger partial charge in [-0.15, -0.1) is 0 Å². The van der Waals surface area contributed by atoms with Crippen molar-refractivity contribution in [1.29, 1.82) is 0 Å². The van der Waals surface area contributed by atoms with E-state index in [-0.39, 0.29) is 11.5 Å². The molecule has 0 saturated heterocycles. The Bertz CT molecular complexity index is 591. The van der Waals surface area contributed by atoms with E-state index in [4.69, 9.17) is 4.74 Å². The van der Waals surface area contributed by atoms with Crippen molar-refractivity contribution in [2.75, 3.05) is 7.11 Å². The lowest BCUT2D eigenvalue weighted by Crippen LogP contribution is -1.98. The standard InChI is InChI=1S/C15H13FO2/c1-10(17)11-6-3-4-7-12(11)13-8-5-9-14(18-2)15(13)16/h3-9H,1-2H3. The predicted octanol–water partition coefficient (Wildman–Crippen LogP) is 3.70. The first-order valence-electron chi connectivity index (χ1n) is 5.58. The molecule has 0 saturated carbocycles. The number of hydrogen-bond acceptors (Lipinski definition) is 2. The summed E-state index contributed by atoms with van der Waals surface area (Å²) in [6.07, 6.45) is 0. The van der Waals surface area contributed by atoms with Crippen LogP contribution in [-0.4, -0.2) is 12.9 Å². The van der Waals surface area contributed by atoms with Crippen LogP contribution in [0.15, 0.2) is 42.5 Å². The molecule has 0 unspecified atom stereocenters. The van der Waals surface area contributed by atoms with Crippen molar-refractivity contribution < 1.29 is 13.9 Å². The zero-order valence-electron chi connectivity index (χ0n) is 10.2. The van der Waals surface area contributed by atoms with Crippen LogP contribution in [0.1, 0.15) is 17.3 Å². The molecule has 2 rings (SSSR count). The van der Waals surface area contributed by atoms with Gasteiger partial charge in [-0.25, -0.2) is 4.39 Å². The molecule has 2 aromatic rings. The molecule has 0 aliphatic rings. The van der Waals surface area contributed by atoms with E-state index >= 15 is 0 Å². The van der Waals surface area contributed by atoms with Crippen LogP contribution in [0.5, 0.6) is 5.75 Å². The van der Waals surface area contributed by atoms with Crippen LogP contribution in [-0.2, 0) is 0 Å². The molecule has 0 radical (unpaired) electrons. The highest BCUT2D eigenvalue weighted by atomic mass is 19.1. The highest BCUT2D eigenvalue weighted by molar-refractivity contribution is 6.00. The number of hydrogen-bond donors (Lipinski definition) is 0. The highest BCUT2D eigenvalue weighted by Crippen LogP contribution is 2.31. The quantitative estimate of drug-likeness (QED) is 0.769. The fourth-order valence-corrected chi connectivity index (χ4v) is 1.90. The van der Waals surface area contributed by atoms with Crippen LogP contribution in [0, 0.1) is 5.82 Å². The molecule has 3 heteroatoms. The van der Waals surface area contributed by atoms with Crippen LogP contribution in [0.3, 0.4) is 0 Å². The zero-order chi connectivity index (χ0) is 13.1. The first-order valence-corrected chi connectivity index (χ1v) is 5.58. The topological polar surface area (TPSA) is 26.3 Å². The van der Waals surface area contributed by atoms with Gasteiger partial charge in [0.15, 0.2) is 17.3 Å². The van der Waals surface area contributed by atoms with Gasteiger partial charge in [0.05, 0.1) is 7.11 Å². The molecule has 0 heterocycles. The van der Waals surface area contributed by atoms with E-state index in [1.807, 2.05) is 0 Å². The minimum Gasteiger partial charge on any atom is -0.494 e. The maximum absolute atomic E-state index is 14.2. The van der Waals surface area contributed by atoms with Gasteiger partial charge < -0.3 is 4.74 Å². The minimum atomic E-state index is -0.450. The third-order valence-electron chi connectivity index (χ3n) is 2.78. The van der Waals surface area contributed by atoms with Gasteiger partial charge in [0.1, 0.15) is 0 Å². The second-order valence-corrected chi connectivity index (χ2v) is 3.92. The van der Waals surface area contributed by atoms with E-state index in [0.29, 0.717) is 16.7 Å². The van der Waals surface area contributed by atoms with Crippen molar-refractivity contribution in [2.45, 2.75) is 6.92 Å². The minimum absolute atomic E-state index is 0.0900. The molecule has 0 aromatic heterocycles. The van der Waals surface area contributed by atoms with Gasteiger partial charge in [0.25, 0.3) is 0 Å². The molecule has 2 aromatic carbocycles. The Balaban J connectivity index is 2.66. The molecule has 0 fully saturated rings. The van der Waals surface area contributed by atoms with Crippen molar-refractivity contribution in [2.24, 2.45) is 0 Å². The number of carbonyl (C=O) groups excluding carboxylic acids is 1. The van der Waals surface area contributed by atoms with Crippen LogP contribution >= 0.6 is 0 Å². The van der Waals surface area contributed by atoms with Gasteiger partial charge in [-0.1, -0.05) is 36.4 Å². The molecule has 0 bridgehead atoms. The number of methoxy groups -OCH3 is 1. The molecule has 0 atom stereocenters. The molecule has 0 spiro atoms. The number of ether oxygens (including phenoxy) is 1. The average Bonchev–Trinajstić information content (AvgIpc) is 2.39. The number of rotatable bonds is 3. The fourth-order valence-electron chi connectivity index (χ4n) is 1.90. The molecule has 18 heavy (non-hydrogen) atoms. The summed E-state index contributed by atoms with van der Waals surface area (Å²) in [6, 6.07) is 11.9. The largest absolute Gasteiger partial charge is 0.494 e. The van der Waals surface area contributed by atoms with Crippen molar-refractivity contribution in [1.82, 2.24) is 0 Å². The number of halogens is 1. The summed E-state index contributed by atoms with van der Waals surface area (Å²) in [7, 11) is 1.42. The summed E-state index contributed by atoms with van der Waals surface area (Å²) in [5, 5.41) is 0. The van der Waals surface area contributed by atoms with E-state index in [1.54, 1.807) is 42.5 Å². The zero-order valence-corrected chi connectivity index (χ0v) is 10.2. The normalized spacial score (nSPS) is 10.2. The van der Waals surface area contributed by atoms with Crippen LogP contribution in [0.2, 0.25) is 0 Å². The maximum atomic E-state index is 14.2. The second-order valence-electron chi connectivity index (χ2n) is 3.92. The lowest BCUT2D eigenvalue weighted by Gasteiger charge is -2.10. The van der Waals surface area contributed by atoms with Gasteiger partial charge in [-0.05, 0) is 18.6 Å². The fraction of sp³-hybridized carbons (Fsp3) is 0.133. The maximum Gasteiger partial charge on any atom is 0.172 e. The number of carbonyl (C=O) groups is 1. The molecule has 0 amide bonds. The lowest BCUT2D eigenvalue weighted by molar-refractivity contribution is 0.101. The monoisotopic (exact) mass is 244 g/mol. The third-order valence-corrected chi connectivity index (χ3v) is 2.78. The molecule has 0 N–H and O–H groups in total. The van der Waals surface area contributed by atoms with E-state index in [1.165, 1.54) is 14.0 Å². The lowest BCUT2D eigenvalue weighted by atomic mass is 9.97. The summed E-state index contributed by atoms with van der Waals surface area (Å²) < 4.78 is 19.1. The molecule has 92 valence electrons. The summed E-state index contributed by atoms with van der Waals surface area (Å²) in [5.74, 6) is -0.368. The predicted molar refractivity (Wildman–Crippen MR) is 68.4 cm³/mol.